The molecule has 1 unspecified atom stereocenters. The topological polar surface area (TPSA) is 3.24 Å². The van der Waals surface area contributed by atoms with Gasteiger partial charge in [-0.2, -0.15) is 0 Å². The normalized spacial score (nSPS) is 11.1. The molecule has 0 aliphatic rings. The van der Waals surface area contributed by atoms with Gasteiger partial charge < -0.3 is 4.90 Å². The van der Waals surface area contributed by atoms with Crippen molar-refractivity contribution in [1.82, 2.24) is 4.90 Å². The summed E-state index contributed by atoms with van der Waals surface area (Å²) < 4.78 is 0. The second-order valence-electron chi connectivity index (χ2n) is 4.66. The number of likely N-dealkylation sites (N-methyl/N-ethyl adjacent to an activating group) is 1. The Morgan fingerprint density at radius 2 is 1.78 bits per heavy atom. The summed E-state index contributed by atoms with van der Waals surface area (Å²) in [5.41, 5.74) is 2.62. The molecule has 0 spiro atoms. The molecule has 1 nitrogen and oxygen atoms in total. The smallest absolute Gasteiger partial charge is 0.0440 e. The Morgan fingerprint density at radius 1 is 1.22 bits per heavy atom. The van der Waals surface area contributed by atoms with Crippen LogP contribution in [0.4, 0.5) is 0 Å². The van der Waals surface area contributed by atoms with E-state index in [1.807, 2.05) is 13.8 Å². The monoisotopic (exact) mass is 317 g/mol. The summed E-state index contributed by atoms with van der Waals surface area (Å²) in [6.45, 7) is 14.7. The van der Waals surface area contributed by atoms with Gasteiger partial charge in [-0.15, -0.1) is 0 Å². The third kappa shape index (κ3) is 10.9. The minimum Gasteiger partial charge on any atom is -0.372 e. The largest absolute Gasteiger partial charge is 0.372 e. The third-order valence-electron chi connectivity index (χ3n) is 2.78. The molecule has 0 fully saturated rings. The van der Waals surface area contributed by atoms with Crippen molar-refractivity contribution in [2.45, 2.75) is 66.3 Å². The molecule has 0 rings (SSSR count). The zero-order chi connectivity index (χ0) is 14.6. The van der Waals surface area contributed by atoms with Crippen LogP contribution < -0.4 is 0 Å². The molecule has 0 aliphatic carbocycles. The van der Waals surface area contributed by atoms with Crippen molar-refractivity contribution < 1.29 is 0 Å². The van der Waals surface area contributed by atoms with Crippen LogP contribution in [0.2, 0.25) is 0 Å². The number of halogens is 1. The lowest BCUT2D eigenvalue weighted by atomic mass is 10.1. The van der Waals surface area contributed by atoms with Gasteiger partial charge in [0.05, 0.1) is 0 Å². The number of hydrogen-bond donors (Lipinski definition) is 0. The average Bonchev–Trinajstić information content (AvgIpc) is 2.35. The number of nitrogens with zero attached hydrogens (tertiary/aromatic N) is 1. The van der Waals surface area contributed by atoms with Crippen molar-refractivity contribution in [2.24, 2.45) is 0 Å². The highest BCUT2D eigenvalue weighted by molar-refractivity contribution is 9.09. The van der Waals surface area contributed by atoms with Gasteiger partial charge in [0.15, 0.2) is 0 Å². The lowest BCUT2D eigenvalue weighted by Gasteiger charge is -2.27. The van der Waals surface area contributed by atoms with Crippen molar-refractivity contribution in [2.75, 3.05) is 12.4 Å². The lowest BCUT2D eigenvalue weighted by molar-refractivity contribution is 0.356. The maximum absolute atomic E-state index is 4.17. The zero-order valence-corrected chi connectivity index (χ0v) is 14.8. The van der Waals surface area contributed by atoms with E-state index in [-0.39, 0.29) is 0 Å². The molecule has 2 heteroatoms. The van der Waals surface area contributed by atoms with Crippen LogP contribution in [0.15, 0.2) is 23.9 Å². The van der Waals surface area contributed by atoms with Gasteiger partial charge in [-0.25, -0.2) is 0 Å². The second-order valence-corrected chi connectivity index (χ2v) is 5.45. The van der Waals surface area contributed by atoms with Gasteiger partial charge in [0.1, 0.15) is 0 Å². The highest BCUT2D eigenvalue weighted by Crippen LogP contribution is 2.15. The quantitative estimate of drug-likeness (QED) is 0.312. The van der Waals surface area contributed by atoms with Crippen LogP contribution in [0.1, 0.15) is 60.3 Å². The fourth-order valence-corrected chi connectivity index (χ4v) is 2.06. The molecule has 0 heterocycles. The van der Waals surface area contributed by atoms with Crippen LogP contribution in [-0.2, 0) is 0 Å². The molecule has 0 amide bonds. The number of allylic oxidation sites excluding steroid dienone is 2. The van der Waals surface area contributed by atoms with E-state index in [9.17, 15) is 0 Å². The molecule has 0 aromatic rings. The van der Waals surface area contributed by atoms with Gasteiger partial charge in [-0.1, -0.05) is 54.4 Å². The van der Waals surface area contributed by atoms with E-state index < -0.39 is 0 Å². The number of rotatable bonds is 8. The maximum Gasteiger partial charge on any atom is 0.0440 e. The van der Waals surface area contributed by atoms with Crippen LogP contribution in [0.5, 0.6) is 0 Å². The fraction of sp³-hybridized carbons (Fsp3) is 0.750. The molecular formula is C16H32BrN. The Kier molecular flexibility index (Phi) is 14.7. The van der Waals surface area contributed by atoms with Gasteiger partial charge in [0.2, 0.25) is 0 Å². The van der Waals surface area contributed by atoms with Crippen LogP contribution >= 0.6 is 15.9 Å². The van der Waals surface area contributed by atoms with Crippen LogP contribution in [0.3, 0.4) is 0 Å². The van der Waals surface area contributed by atoms with Crippen molar-refractivity contribution in [3.63, 3.8) is 0 Å². The first-order chi connectivity index (χ1) is 8.49. The highest BCUT2D eigenvalue weighted by Gasteiger charge is 2.07. The first-order valence-corrected chi connectivity index (χ1v) is 8.22. The molecule has 0 aromatic heterocycles. The van der Waals surface area contributed by atoms with Crippen LogP contribution in [0, 0.1) is 0 Å². The summed E-state index contributed by atoms with van der Waals surface area (Å²) in [6, 6.07) is 0.452. The van der Waals surface area contributed by atoms with E-state index in [0.29, 0.717) is 6.04 Å². The molecule has 0 N–H and O–H groups in total. The standard InChI is InChI=1S/C14H26BrN.C2H6/c1-12(2)11-14(4)16(5)13(3)9-7-6-8-10-15;1-2/h11,14H,3,6-10H2,1-2,4-5H3;1-2H3. The van der Waals surface area contributed by atoms with Crippen LogP contribution in [0.25, 0.3) is 0 Å². The lowest BCUT2D eigenvalue weighted by Crippen LogP contribution is -2.26. The third-order valence-corrected chi connectivity index (χ3v) is 3.34. The van der Waals surface area contributed by atoms with Crippen molar-refractivity contribution in [3.05, 3.63) is 23.9 Å². The molecule has 108 valence electrons. The Hall–Kier alpha value is -0.240. The van der Waals surface area contributed by atoms with Gasteiger partial charge >= 0.3 is 0 Å². The summed E-state index contributed by atoms with van der Waals surface area (Å²) >= 11 is 3.46. The zero-order valence-electron chi connectivity index (χ0n) is 13.2. The van der Waals surface area contributed by atoms with Gasteiger partial charge in [-0.3, -0.25) is 0 Å². The molecule has 0 aromatic carbocycles. The number of unbranched alkanes of at least 4 members (excludes halogenated alkanes) is 2. The van der Waals surface area contributed by atoms with Crippen molar-refractivity contribution >= 4 is 15.9 Å². The average molecular weight is 318 g/mol. The first-order valence-electron chi connectivity index (χ1n) is 7.10. The summed E-state index contributed by atoms with van der Waals surface area (Å²) in [6.07, 6.45) is 7.19. The van der Waals surface area contributed by atoms with Gasteiger partial charge in [0, 0.05) is 24.1 Å². The van der Waals surface area contributed by atoms with Gasteiger partial charge in [0.25, 0.3) is 0 Å². The molecule has 0 radical (unpaired) electrons. The Labute approximate surface area is 123 Å². The summed E-state index contributed by atoms with van der Waals surface area (Å²) in [5, 5.41) is 1.11. The minimum atomic E-state index is 0.452. The fourth-order valence-electron chi connectivity index (χ4n) is 1.66. The first kappa shape index (κ1) is 20.1. The van der Waals surface area contributed by atoms with E-state index in [4.69, 9.17) is 0 Å². The van der Waals surface area contributed by atoms with E-state index in [1.165, 1.54) is 30.5 Å². The molecular weight excluding hydrogens is 286 g/mol. The molecule has 0 saturated carbocycles. The number of hydrogen-bond acceptors (Lipinski definition) is 1. The van der Waals surface area contributed by atoms with Crippen molar-refractivity contribution in [1.29, 1.82) is 0 Å². The maximum atomic E-state index is 4.17. The predicted octanol–water partition coefficient (Wildman–Crippen LogP) is 5.77. The Morgan fingerprint density at radius 3 is 2.22 bits per heavy atom. The highest BCUT2D eigenvalue weighted by atomic mass is 79.9. The molecule has 0 saturated heterocycles. The van der Waals surface area contributed by atoms with Crippen LogP contribution in [-0.4, -0.2) is 23.3 Å². The van der Waals surface area contributed by atoms with E-state index >= 15 is 0 Å². The summed E-state index contributed by atoms with van der Waals surface area (Å²) in [5.74, 6) is 0. The second kappa shape index (κ2) is 13.2. The molecule has 0 bridgehead atoms. The van der Waals surface area contributed by atoms with E-state index in [0.717, 1.165) is 11.8 Å². The van der Waals surface area contributed by atoms with Crippen molar-refractivity contribution in [3.8, 4) is 0 Å². The van der Waals surface area contributed by atoms with E-state index in [1.54, 1.807) is 0 Å². The Bertz CT molecular complexity index is 229. The SMILES string of the molecule is C=C(CCCCCBr)N(C)C(C)C=C(C)C.CC. The van der Waals surface area contributed by atoms with Gasteiger partial charge in [-0.05, 0) is 40.0 Å². The summed E-state index contributed by atoms with van der Waals surface area (Å²) in [4.78, 5) is 2.28. The molecule has 1 atom stereocenters. The molecule has 0 aliphatic heterocycles. The summed E-state index contributed by atoms with van der Waals surface area (Å²) in [7, 11) is 2.14. The predicted molar refractivity (Wildman–Crippen MR) is 89.4 cm³/mol. The Balaban J connectivity index is 0. The number of alkyl halides is 1. The minimum absolute atomic E-state index is 0.452. The molecule has 18 heavy (non-hydrogen) atoms. The van der Waals surface area contributed by atoms with E-state index in [2.05, 4.69) is 61.3 Å².